The topological polar surface area (TPSA) is 52.0 Å². The molecule has 0 radical (unpaired) electrons. The van der Waals surface area contributed by atoms with Crippen LogP contribution in [0.2, 0.25) is 0 Å². The van der Waals surface area contributed by atoms with Gasteiger partial charge in [-0.05, 0) is 61.1 Å². The summed E-state index contributed by atoms with van der Waals surface area (Å²) in [5.74, 6) is 0. The number of rotatable bonds is 3. The van der Waals surface area contributed by atoms with E-state index in [4.69, 9.17) is 11.5 Å². The first-order chi connectivity index (χ1) is 10.2. The van der Waals surface area contributed by atoms with Gasteiger partial charge in [0.05, 0.1) is 0 Å². The van der Waals surface area contributed by atoms with Crippen LogP contribution in [0.4, 0.5) is 0 Å². The summed E-state index contributed by atoms with van der Waals surface area (Å²) in [7, 11) is 0. The molecule has 0 bridgehead atoms. The summed E-state index contributed by atoms with van der Waals surface area (Å²) >= 11 is 7.19. The zero-order valence-corrected chi connectivity index (χ0v) is 16.5. The largest absolute Gasteiger partial charge is 0.322 e. The number of benzene rings is 2. The van der Waals surface area contributed by atoms with Crippen LogP contribution in [0.3, 0.4) is 0 Å². The number of halogens is 2. The highest BCUT2D eigenvalue weighted by atomic mass is 79.9. The fourth-order valence-electron chi connectivity index (χ4n) is 2.76. The van der Waals surface area contributed by atoms with E-state index in [-0.39, 0.29) is 12.1 Å². The van der Waals surface area contributed by atoms with E-state index in [0.29, 0.717) is 0 Å². The Bertz CT molecular complexity index is 603. The van der Waals surface area contributed by atoms with Crippen molar-refractivity contribution in [3.8, 4) is 0 Å². The van der Waals surface area contributed by atoms with Crippen LogP contribution in [0.5, 0.6) is 0 Å². The van der Waals surface area contributed by atoms with Crippen molar-refractivity contribution in [2.45, 2.75) is 39.8 Å². The fraction of sp³-hybridized carbons (Fsp3) is 0.333. The molecule has 2 atom stereocenters. The molecular weight excluding hydrogens is 404 g/mol. The molecule has 22 heavy (non-hydrogen) atoms. The molecule has 0 aliphatic rings. The average molecular weight is 426 g/mol. The first-order valence-electron chi connectivity index (χ1n) is 7.26. The van der Waals surface area contributed by atoms with Gasteiger partial charge in [0.2, 0.25) is 0 Å². The average Bonchev–Trinajstić information content (AvgIpc) is 2.47. The van der Waals surface area contributed by atoms with Crippen molar-refractivity contribution in [3.63, 3.8) is 0 Å². The van der Waals surface area contributed by atoms with Crippen molar-refractivity contribution in [2.75, 3.05) is 0 Å². The van der Waals surface area contributed by atoms with E-state index < -0.39 is 0 Å². The lowest BCUT2D eigenvalue weighted by molar-refractivity contribution is 0.573. The van der Waals surface area contributed by atoms with Gasteiger partial charge in [-0.1, -0.05) is 56.1 Å². The maximum absolute atomic E-state index is 6.44. The van der Waals surface area contributed by atoms with Gasteiger partial charge in [-0.25, -0.2) is 0 Å². The Morgan fingerprint density at radius 2 is 0.864 bits per heavy atom. The van der Waals surface area contributed by atoms with E-state index in [1.54, 1.807) is 0 Å². The van der Waals surface area contributed by atoms with Gasteiger partial charge in [-0.2, -0.15) is 0 Å². The van der Waals surface area contributed by atoms with Crippen LogP contribution in [0.15, 0.2) is 33.2 Å². The molecular formula is C18H22Br2N2. The Hall–Kier alpha value is -0.680. The summed E-state index contributed by atoms with van der Waals surface area (Å²) in [6, 6.07) is 7.98. The SMILES string of the molecule is Cc1cc(C(N)C(N)c2cc(C)c(Br)c(C)c2)cc(C)c1Br. The lowest BCUT2D eigenvalue weighted by Gasteiger charge is -2.23. The summed E-state index contributed by atoms with van der Waals surface area (Å²) in [6.45, 7) is 8.30. The molecule has 4 heteroatoms. The standard InChI is InChI=1S/C18H22Br2N2/c1-9-5-13(6-10(2)15(9)19)17(21)18(22)14-7-11(3)16(20)12(4)8-14/h5-8,17-18H,21-22H2,1-4H3. The van der Waals surface area contributed by atoms with Gasteiger partial charge in [-0.15, -0.1) is 0 Å². The normalized spacial score (nSPS) is 14.0. The van der Waals surface area contributed by atoms with Gasteiger partial charge >= 0.3 is 0 Å². The lowest BCUT2D eigenvalue weighted by Crippen LogP contribution is -2.27. The van der Waals surface area contributed by atoms with Gasteiger partial charge in [0.1, 0.15) is 0 Å². The van der Waals surface area contributed by atoms with Crippen molar-refractivity contribution in [2.24, 2.45) is 11.5 Å². The highest BCUT2D eigenvalue weighted by Gasteiger charge is 2.20. The molecule has 4 N–H and O–H groups in total. The van der Waals surface area contributed by atoms with Gasteiger partial charge in [-0.3, -0.25) is 0 Å². The molecule has 0 aliphatic heterocycles. The van der Waals surface area contributed by atoms with Gasteiger partial charge in [0.25, 0.3) is 0 Å². The van der Waals surface area contributed by atoms with Crippen molar-refractivity contribution in [1.82, 2.24) is 0 Å². The third kappa shape index (κ3) is 3.46. The van der Waals surface area contributed by atoms with E-state index in [2.05, 4.69) is 83.8 Å². The third-order valence-corrected chi connectivity index (χ3v) is 6.58. The van der Waals surface area contributed by atoms with E-state index in [0.717, 1.165) is 20.1 Å². The molecule has 2 nitrogen and oxygen atoms in total. The second kappa shape index (κ2) is 6.83. The minimum Gasteiger partial charge on any atom is -0.322 e. The Morgan fingerprint density at radius 3 is 1.09 bits per heavy atom. The van der Waals surface area contributed by atoms with Crippen LogP contribution in [0.25, 0.3) is 0 Å². The highest BCUT2D eigenvalue weighted by molar-refractivity contribution is 9.10. The van der Waals surface area contributed by atoms with Crippen LogP contribution in [-0.4, -0.2) is 0 Å². The van der Waals surface area contributed by atoms with E-state index in [9.17, 15) is 0 Å². The summed E-state index contributed by atoms with van der Waals surface area (Å²) < 4.78 is 2.26. The van der Waals surface area contributed by atoms with Crippen LogP contribution < -0.4 is 11.5 Å². The van der Waals surface area contributed by atoms with Gasteiger partial charge in [0, 0.05) is 21.0 Å². The third-order valence-electron chi connectivity index (χ3n) is 4.07. The van der Waals surface area contributed by atoms with Crippen molar-refractivity contribution in [3.05, 3.63) is 66.6 Å². The Balaban J connectivity index is 2.39. The molecule has 0 saturated heterocycles. The summed E-state index contributed by atoms with van der Waals surface area (Å²) in [5.41, 5.74) is 19.8. The quantitative estimate of drug-likeness (QED) is 0.714. The summed E-state index contributed by atoms with van der Waals surface area (Å²) in [6.07, 6.45) is 0. The fourth-order valence-corrected chi connectivity index (χ4v) is 3.22. The molecule has 2 rings (SSSR count). The first kappa shape index (κ1) is 17.7. The predicted molar refractivity (Wildman–Crippen MR) is 101 cm³/mol. The van der Waals surface area contributed by atoms with E-state index >= 15 is 0 Å². The summed E-state index contributed by atoms with van der Waals surface area (Å²) in [5, 5.41) is 0. The molecule has 0 fully saturated rings. The Kier molecular flexibility index (Phi) is 5.49. The Labute approximate surface area is 149 Å². The lowest BCUT2D eigenvalue weighted by atomic mass is 9.91. The number of nitrogens with two attached hydrogens (primary N) is 2. The maximum atomic E-state index is 6.44. The molecule has 0 saturated carbocycles. The van der Waals surface area contributed by atoms with Gasteiger partial charge in [0.15, 0.2) is 0 Å². The minimum atomic E-state index is -0.231. The Morgan fingerprint density at radius 1 is 0.636 bits per heavy atom. The molecule has 2 aromatic rings. The molecule has 0 amide bonds. The second-order valence-electron chi connectivity index (χ2n) is 5.99. The predicted octanol–water partition coefficient (Wildman–Crippen LogP) is 5.15. The number of aryl methyl sites for hydroxylation is 4. The van der Waals surface area contributed by atoms with Crippen molar-refractivity contribution in [1.29, 1.82) is 0 Å². The zero-order valence-electron chi connectivity index (χ0n) is 13.4. The number of hydrogen-bond donors (Lipinski definition) is 2. The number of hydrogen-bond acceptors (Lipinski definition) is 2. The molecule has 0 spiro atoms. The second-order valence-corrected chi connectivity index (χ2v) is 7.57. The molecule has 2 aromatic carbocycles. The molecule has 0 aromatic heterocycles. The monoisotopic (exact) mass is 424 g/mol. The van der Waals surface area contributed by atoms with Crippen LogP contribution in [-0.2, 0) is 0 Å². The smallest absolute Gasteiger partial charge is 0.0491 e. The minimum absolute atomic E-state index is 0.231. The molecule has 0 aliphatic carbocycles. The highest BCUT2D eigenvalue weighted by Crippen LogP contribution is 2.32. The van der Waals surface area contributed by atoms with Crippen LogP contribution >= 0.6 is 31.9 Å². The van der Waals surface area contributed by atoms with Crippen molar-refractivity contribution < 1.29 is 0 Å². The van der Waals surface area contributed by atoms with Crippen LogP contribution in [0.1, 0.15) is 45.5 Å². The summed E-state index contributed by atoms with van der Waals surface area (Å²) in [4.78, 5) is 0. The van der Waals surface area contributed by atoms with E-state index in [1.807, 2.05) is 0 Å². The molecule has 0 heterocycles. The first-order valence-corrected chi connectivity index (χ1v) is 8.85. The molecule has 2 unspecified atom stereocenters. The zero-order chi connectivity index (χ0) is 16.6. The van der Waals surface area contributed by atoms with Crippen LogP contribution in [0, 0.1) is 27.7 Å². The maximum Gasteiger partial charge on any atom is 0.0491 e. The van der Waals surface area contributed by atoms with Crippen molar-refractivity contribution >= 4 is 31.9 Å². The van der Waals surface area contributed by atoms with E-state index in [1.165, 1.54) is 22.3 Å². The van der Waals surface area contributed by atoms with Gasteiger partial charge < -0.3 is 11.5 Å². The molecule has 118 valence electrons.